The predicted molar refractivity (Wildman–Crippen MR) is 107 cm³/mol. The average Bonchev–Trinajstić information content (AvgIpc) is 2.84. The van der Waals surface area contributed by atoms with Crippen molar-refractivity contribution in [3.63, 3.8) is 0 Å². The molecule has 0 radical (unpaired) electrons. The molecule has 1 aliphatic heterocycles. The Labute approximate surface area is 161 Å². The highest BCUT2D eigenvalue weighted by atomic mass is 16.2. The van der Waals surface area contributed by atoms with Crippen molar-refractivity contribution in [1.29, 1.82) is 0 Å². The van der Waals surface area contributed by atoms with E-state index in [9.17, 15) is 9.59 Å². The van der Waals surface area contributed by atoms with Crippen LogP contribution in [-0.4, -0.2) is 32.8 Å². The van der Waals surface area contributed by atoms with Gasteiger partial charge in [-0.15, -0.1) is 0 Å². The first-order chi connectivity index (χ1) is 12.5. The van der Waals surface area contributed by atoms with E-state index < -0.39 is 16.6 Å². The van der Waals surface area contributed by atoms with Crippen LogP contribution in [0.3, 0.4) is 0 Å². The van der Waals surface area contributed by atoms with Crippen LogP contribution in [0.4, 0.5) is 4.79 Å². The average molecular weight is 364 g/mol. The van der Waals surface area contributed by atoms with E-state index in [0.29, 0.717) is 0 Å². The third-order valence-electron chi connectivity index (χ3n) is 4.96. The van der Waals surface area contributed by atoms with Gasteiger partial charge in [-0.25, -0.2) is 4.79 Å². The SMILES string of the molecule is CC(C)(C)N1C(=O)N(C(C)(C)C)C(c2ccccc2)(c2ccccc2)C1=O. The summed E-state index contributed by atoms with van der Waals surface area (Å²) in [4.78, 5) is 30.8. The van der Waals surface area contributed by atoms with E-state index in [4.69, 9.17) is 0 Å². The molecule has 1 heterocycles. The van der Waals surface area contributed by atoms with E-state index in [1.165, 1.54) is 4.90 Å². The van der Waals surface area contributed by atoms with Crippen LogP contribution in [0.1, 0.15) is 52.7 Å². The van der Waals surface area contributed by atoms with E-state index in [1.54, 1.807) is 4.90 Å². The minimum atomic E-state index is -1.19. The van der Waals surface area contributed by atoms with Crippen molar-refractivity contribution in [3.05, 3.63) is 71.8 Å². The molecule has 0 saturated carbocycles. The van der Waals surface area contributed by atoms with E-state index >= 15 is 0 Å². The van der Waals surface area contributed by atoms with E-state index in [2.05, 4.69) is 0 Å². The lowest BCUT2D eigenvalue weighted by atomic mass is 9.79. The van der Waals surface area contributed by atoms with Crippen molar-refractivity contribution < 1.29 is 9.59 Å². The number of carbonyl (C=O) groups excluding carboxylic acids is 2. The molecule has 2 aromatic rings. The third-order valence-corrected chi connectivity index (χ3v) is 4.96. The van der Waals surface area contributed by atoms with E-state index in [-0.39, 0.29) is 11.9 Å². The molecule has 0 N–H and O–H groups in total. The number of benzene rings is 2. The molecule has 142 valence electrons. The molecule has 1 saturated heterocycles. The number of imide groups is 1. The molecule has 3 amide bonds. The second-order valence-electron chi connectivity index (χ2n) is 9.04. The summed E-state index contributed by atoms with van der Waals surface area (Å²) in [5, 5.41) is 0. The van der Waals surface area contributed by atoms with Gasteiger partial charge in [-0.2, -0.15) is 0 Å². The molecule has 2 aromatic carbocycles. The summed E-state index contributed by atoms with van der Waals surface area (Å²) < 4.78 is 0. The number of nitrogens with zero attached hydrogens (tertiary/aromatic N) is 2. The van der Waals surface area contributed by atoms with E-state index in [1.807, 2.05) is 102 Å². The normalized spacial score (nSPS) is 17.6. The molecular weight excluding hydrogens is 336 g/mol. The van der Waals surface area contributed by atoms with Crippen molar-refractivity contribution in [3.8, 4) is 0 Å². The molecule has 1 fully saturated rings. The molecular formula is C23H28N2O2. The summed E-state index contributed by atoms with van der Waals surface area (Å²) in [6, 6.07) is 19.0. The Morgan fingerprint density at radius 1 is 0.667 bits per heavy atom. The molecule has 0 aromatic heterocycles. The zero-order valence-electron chi connectivity index (χ0n) is 17.0. The number of carbonyl (C=O) groups is 2. The fourth-order valence-corrected chi connectivity index (χ4v) is 4.00. The van der Waals surface area contributed by atoms with Gasteiger partial charge in [0.2, 0.25) is 0 Å². The minimum Gasteiger partial charge on any atom is -0.297 e. The van der Waals surface area contributed by atoms with Crippen LogP contribution in [0.2, 0.25) is 0 Å². The zero-order valence-corrected chi connectivity index (χ0v) is 17.0. The fraction of sp³-hybridized carbons (Fsp3) is 0.391. The highest BCUT2D eigenvalue weighted by molar-refractivity contribution is 6.10. The van der Waals surface area contributed by atoms with Gasteiger partial charge < -0.3 is 0 Å². The van der Waals surface area contributed by atoms with Crippen molar-refractivity contribution in [1.82, 2.24) is 9.80 Å². The van der Waals surface area contributed by atoms with Crippen LogP contribution in [0.15, 0.2) is 60.7 Å². The van der Waals surface area contributed by atoms with Gasteiger partial charge in [0.1, 0.15) is 0 Å². The Balaban J connectivity index is 2.42. The summed E-state index contributed by atoms with van der Waals surface area (Å²) in [5.74, 6) is -0.202. The molecule has 27 heavy (non-hydrogen) atoms. The highest BCUT2D eigenvalue weighted by Gasteiger charge is 2.64. The maximum absolute atomic E-state index is 14.0. The molecule has 0 atom stereocenters. The summed E-state index contributed by atoms with van der Waals surface area (Å²) >= 11 is 0. The number of rotatable bonds is 2. The van der Waals surface area contributed by atoms with Gasteiger partial charge in [0.25, 0.3) is 5.91 Å². The van der Waals surface area contributed by atoms with Gasteiger partial charge in [0, 0.05) is 11.1 Å². The van der Waals surface area contributed by atoms with Crippen LogP contribution in [0, 0.1) is 0 Å². The van der Waals surface area contributed by atoms with Crippen LogP contribution in [0.5, 0.6) is 0 Å². The largest absolute Gasteiger partial charge is 0.329 e. The second kappa shape index (κ2) is 6.22. The van der Waals surface area contributed by atoms with Crippen molar-refractivity contribution in [2.75, 3.05) is 0 Å². The monoisotopic (exact) mass is 364 g/mol. The Bertz CT molecular complexity index is 806. The molecule has 4 nitrogen and oxygen atoms in total. The summed E-state index contributed by atoms with van der Waals surface area (Å²) in [5.41, 5.74) is -0.764. The quantitative estimate of drug-likeness (QED) is 0.719. The zero-order chi connectivity index (χ0) is 20.0. The van der Waals surface area contributed by atoms with Gasteiger partial charge in [-0.3, -0.25) is 14.6 Å². The predicted octanol–water partition coefficient (Wildman–Crippen LogP) is 4.79. The number of hydrogen-bond donors (Lipinski definition) is 0. The number of amides is 3. The van der Waals surface area contributed by atoms with Gasteiger partial charge in [0.05, 0.1) is 0 Å². The summed E-state index contributed by atoms with van der Waals surface area (Å²) in [6.45, 7) is 11.6. The lowest BCUT2D eigenvalue weighted by Gasteiger charge is -2.44. The van der Waals surface area contributed by atoms with Crippen molar-refractivity contribution in [2.45, 2.75) is 58.2 Å². The lowest BCUT2D eigenvalue weighted by molar-refractivity contribution is -0.135. The maximum Gasteiger partial charge on any atom is 0.329 e. The molecule has 0 aliphatic carbocycles. The Morgan fingerprint density at radius 2 is 1.07 bits per heavy atom. The van der Waals surface area contributed by atoms with Crippen LogP contribution < -0.4 is 0 Å². The molecule has 1 aliphatic rings. The van der Waals surface area contributed by atoms with E-state index in [0.717, 1.165) is 11.1 Å². The first-order valence-electron chi connectivity index (χ1n) is 9.32. The topological polar surface area (TPSA) is 40.6 Å². The van der Waals surface area contributed by atoms with Crippen molar-refractivity contribution in [2.24, 2.45) is 0 Å². The van der Waals surface area contributed by atoms with Crippen LogP contribution in [-0.2, 0) is 10.3 Å². The third kappa shape index (κ3) is 2.84. The molecule has 3 rings (SSSR count). The Hall–Kier alpha value is -2.62. The molecule has 4 heteroatoms. The smallest absolute Gasteiger partial charge is 0.297 e. The first kappa shape index (κ1) is 19.2. The van der Waals surface area contributed by atoms with Gasteiger partial charge in [-0.1, -0.05) is 60.7 Å². The van der Waals surface area contributed by atoms with Crippen LogP contribution in [0.25, 0.3) is 0 Å². The second-order valence-corrected chi connectivity index (χ2v) is 9.04. The Kier molecular flexibility index (Phi) is 4.41. The lowest BCUT2D eigenvalue weighted by Crippen LogP contribution is -2.56. The van der Waals surface area contributed by atoms with Gasteiger partial charge >= 0.3 is 6.03 Å². The molecule has 0 spiro atoms. The number of urea groups is 1. The minimum absolute atomic E-state index is 0.202. The summed E-state index contributed by atoms with van der Waals surface area (Å²) in [6.07, 6.45) is 0. The Morgan fingerprint density at radius 3 is 1.41 bits per heavy atom. The molecule has 0 unspecified atom stereocenters. The number of hydrogen-bond acceptors (Lipinski definition) is 2. The maximum atomic E-state index is 14.0. The standard InChI is InChI=1S/C23H28N2O2/c1-21(2,3)24-19(26)23(17-13-9-7-10-14-17,18-15-11-8-12-16-18)25(20(24)27)22(4,5)6/h7-16H,1-6H3. The van der Waals surface area contributed by atoms with Crippen LogP contribution >= 0.6 is 0 Å². The van der Waals surface area contributed by atoms with Gasteiger partial charge in [-0.05, 0) is 52.7 Å². The van der Waals surface area contributed by atoms with Gasteiger partial charge in [0.15, 0.2) is 5.54 Å². The molecule has 0 bridgehead atoms. The fourth-order valence-electron chi connectivity index (χ4n) is 4.00. The van der Waals surface area contributed by atoms with Crippen molar-refractivity contribution >= 4 is 11.9 Å². The highest BCUT2D eigenvalue weighted by Crippen LogP contribution is 2.48. The summed E-state index contributed by atoms with van der Waals surface area (Å²) in [7, 11) is 0. The first-order valence-corrected chi connectivity index (χ1v) is 9.32.